The Balaban J connectivity index is 0.000000604. The third-order valence-electron chi connectivity index (χ3n) is 5.26. The van der Waals surface area contributed by atoms with E-state index < -0.39 is 24.0 Å². The predicted molar refractivity (Wildman–Crippen MR) is 119 cm³/mol. The van der Waals surface area contributed by atoms with E-state index in [-0.39, 0.29) is 40.3 Å². The van der Waals surface area contributed by atoms with E-state index in [1.807, 2.05) is 0 Å². The van der Waals surface area contributed by atoms with Crippen molar-refractivity contribution in [2.75, 3.05) is 58.9 Å². The summed E-state index contributed by atoms with van der Waals surface area (Å²) in [6.07, 6.45) is 1.13. The van der Waals surface area contributed by atoms with Gasteiger partial charge in [-0.15, -0.1) is 0 Å². The van der Waals surface area contributed by atoms with Crippen molar-refractivity contribution in [3.05, 3.63) is 16.7 Å². The molecule has 2 aliphatic heterocycles. The molecule has 3 rings (SSSR count). The van der Waals surface area contributed by atoms with Gasteiger partial charge in [-0.3, -0.25) is 0 Å². The number of fused-ring (bicyclic) bond motifs is 1. The van der Waals surface area contributed by atoms with E-state index in [0.29, 0.717) is 26.4 Å². The smallest absolute Gasteiger partial charge is 0.414 e. The zero-order valence-corrected chi connectivity index (χ0v) is 19.5. The van der Waals surface area contributed by atoms with Crippen LogP contribution in [0.5, 0.6) is 11.5 Å². The number of esters is 1. The van der Waals surface area contributed by atoms with Gasteiger partial charge in [-0.2, -0.15) is 0 Å². The maximum atomic E-state index is 12.6. The molecule has 34 heavy (non-hydrogen) atoms. The Kier molecular flexibility index (Phi) is 10.6. The van der Waals surface area contributed by atoms with E-state index in [2.05, 4.69) is 4.90 Å². The van der Waals surface area contributed by atoms with Crippen molar-refractivity contribution in [1.29, 1.82) is 0 Å². The topological polar surface area (TPSA) is 178 Å². The Bertz CT molecular complexity index is 870. The molecule has 1 aromatic carbocycles. The normalized spacial score (nSPS) is 19.5. The molecule has 13 heteroatoms. The fourth-order valence-corrected chi connectivity index (χ4v) is 3.68. The van der Waals surface area contributed by atoms with Gasteiger partial charge in [0.25, 0.3) is 0 Å². The van der Waals surface area contributed by atoms with Crippen LogP contribution in [-0.2, 0) is 19.1 Å². The summed E-state index contributed by atoms with van der Waals surface area (Å²) in [6, 6.07) is 1.43. The molecular weight excluding hydrogens is 476 g/mol. The Hall–Kier alpha value is -2.80. The van der Waals surface area contributed by atoms with Crippen molar-refractivity contribution in [2.45, 2.75) is 18.9 Å². The minimum atomic E-state index is -1.82. The summed E-state index contributed by atoms with van der Waals surface area (Å²) in [5, 5.41) is 25.4. The number of carbonyl (C=O) groups is 3. The quantitative estimate of drug-likeness (QED) is 0.177. The van der Waals surface area contributed by atoms with Gasteiger partial charge < -0.3 is 44.9 Å². The van der Waals surface area contributed by atoms with Gasteiger partial charge in [-0.05, 0) is 25.5 Å². The number of methoxy groups -OCH3 is 1. The number of carboxylic acids is 2. The number of nitrogen functional groups attached to an aromatic ring is 1. The number of aliphatic hydroxyl groups is 1. The van der Waals surface area contributed by atoms with Crippen LogP contribution in [0.3, 0.4) is 0 Å². The summed E-state index contributed by atoms with van der Waals surface area (Å²) in [5.41, 5.74) is 6.32. The summed E-state index contributed by atoms with van der Waals surface area (Å²) in [4.78, 5) is 33.0. The largest absolute Gasteiger partial charge is 0.485 e. The molecule has 1 saturated heterocycles. The molecule has 1 aromatic rings. The lowest BCUT2D eigenvalue weighted by atomic mass is 9.94. The van der Waals surface area contributed by atoms with Crippen LogP contribution < -0.4 is 15.2 Å². The number of likely N-dealkylation sites (tertiary alicyclic amines) is 1. The molecule has 5 N–H and O–H groups in total. The van der Waals surface area contributed by atoms with Gasteiger partial charge in [0, 0.05) is 32.7 Å². The highest BCUT2D eigenvalue weighted by atomic mass is 35.5. The second-order valence-electron chi connectivity index (χ2n) is 7.65. The second-order valence-corrected chi connectivity index (χ2v) is 8.05. The fourth-order valence-electron chi connectivity index (χ4n) is 3.48. The molecule has 0 unspecified atom stereocenters. The van der Waals surface area contributed by atoms with Crippen LogP contribution in [0.1, 0.15) is 23.2 Å². The van der Waals surface area contributed by atoms with Gasteiger partial charge in [0.1, 0.15) is 18.8 Å². The number of β-amino-alcohol motifs (C(OH)–C–C–N with tert-alkyl or cyclic N) is 1. The first-order valence-electron chi connectivity index (χ1n) is 10.6. The lowest BCUT2D eigenvalue weighted by Gasteiger charge is -2.35. The number of rotatable bonds is 7. The summed E-state index contributed by atoms with van der Waals surface area (Å²) in [7, 11) is 1.68. The molecule has 12 nitrogen and oxygen atoms in total. The maximum absolute atomic E-state index is 12.6. The molecule has 0 saturated carbocycles. The number of piperidine rings is 1. The molecule has 190 valence electrons. The van der Waals surface area contributed by atoms with Crippen molar-refractivity contribution in [2.24, 2.45) is 5.92 Å². The molecule has 0 aromatic heterocycles. The number of aliphatic hydroxyl groups excluding tert-OH is 1. The van der Waals surface area contributed by atoms with E-state index in [1.54, 1.807) is 7.11 Å². The van der Waals surface area contributed by atoms with Crippen LogP contribution in [0.15, 0.2) is 6.07 Å². The highest BCUT2D eigenvalue weighted by Crippen LogP contribution is 2.43. The van der Waals surface area contributed by atoms with E-state index in [4.69, 9.17) is 56.1 Å². The van der Waals surface area contributed by atoms with E-state index >= 15 is 0 Å². The summed E-state index contributed by atoms with van der Waals surface area (Å²) >= 11 is 6.11. The zero-order valence-electron chi connectivity index (χ0n) is 18.7. The number of carboxylic acid groups (broad SMARTS) is 2. The molecule has 0 aliphatic carbocycles. The van der Waals surface area contributed by atoms with Crippen LogP contribution in [0, 0.1) is 5.92 Å². The van der Waals surface area contributed by atoms with Gasteiger partial charge in [0.2, 0.25) is 0 Å². The number of nitrogens with two attached hydrogens (primary N) is 1. The predicted octanol–water partition coefficient (Wildman–Crippen LogP) is 0.725. The second kappa shape index (κ2) is 13.2. The zero-order chi connectivity index (χ0) is 25.3. The molecule has 0 spiro atoms. The Labute approximate surface area is 201 Å². The van der Waals surface area contributed by atoms with Crippen molar-refractivity contribution in [1.82, 2.24) is 4.90 Å². The fraction of sp³-hybridized carbons (Fsp3) is 0.571. The van der Waals surface area contributed by atoms with E-state index in [1.165, 1.54) is 6.07 Å². The highest BCUT2D eigenvalue weighted by molar-refractivity contribution is 6.34. The van der Waals surface area contributed by atoms with Gasteiger partial charge >= 0.3 is 17.9 Å². The highest BCUT2D eigenvalue weighted by Gasteiger charge is 2.30. The number of aliphatic carboxylic acids is 2. The number of nitrogens with zero attached hydrogens (tertiary/aromatic N) is 1. The Morgan fingerprint density at radius 2 is 1.85 bits per heavy atom. The number of anilines is 1. The van der Waals surface area contributed by atoms with Gasteiger partial charge in [0.05, 0.1) is 23.4 Å². The van der Waals surface area contributed by atoms with E-state index in [0.717, 1.165) is 25.9 Å². The number of benzene rings is 1. The Morgan fingerprint density at radius 3 is 2.44 bits per heavy atom. The van der Waals surface area contributed by atoms with Crippen LogP contribution >= 0.6 is 11.6 Å². The third-order valence-corrected chi connectivity index (χ3v) is 5.57. The lowest BCUT2D eigenvalue weighted by molar-refractivity contribution is -0.159. The molecule has 2 aliphatic rings. The molecule has 2 atom stereocenters. The Morgan fingerprint density at radius 1 is 1.21 bits per heavy atom. The minimum Gasteiger partial charge on any atom is -0.485 e. The molecule has 0 amide bonds. The molecule has 2 heterocycles. The number of ether oxygens (including phenoxy) is 4. The van der Waals surface area contributed by atoms with Crippen LogP contribution in [0.4, 0.5) is 5.69 Å². The maximum Gasteiger partial charge on any atom is 0.414 e. The first-order chi connectivity index (χ1) is 16.1. The monoisotopic (exact) mass is 504 g/mol. The molecule has 0 bridgehead atoms. The molecular formula is C21H29ClN2O10. The van der Waals surface area contributed by atoms with Gasteiger partial charge in [-0.1, -0.05) is 11.6 Å². The minimum absolute atomic E-state index is 0.111. The SMILES string of the molecule is COCCCN1CC[C@H](COC(=O)c2cc(Cl)c(N)c3c2OCCO3)[C@@H](O)C1.O=C(O)C(=O)O. The summed E-state index contributed by atoms with van der Waals surface area (Å²) < 4.78 is 21.6. The average Bonchev–Trinajstić information content (AvgIpc) is 2.81. The first-order valence-corrected chi connectivity index (χ1v) is 10.9. The molecule has 0 radical (unpaired) electrons. The van der Waals surface area contributed by atoms with Crippen molar-refractivity contribution in [3.63, 3.8) is 0 Å². The van der Waals surface area contributed by atoms with Crippen molar-refractivity contribution in [3.8, 4) is 11.5 Å². The van der Waals surface area contributed by atoms with Gasteiger partial charge in [-0.25, -0.2) is 14.4 Å². The number of hydrogen-bond acceptors (Lipinski definition) is 10. The number of halogens is 1. The first kappa shape index (κ1) is 27.4. The standard InChI is InChI=1S/C19H27ClN2O6.C2H2O4/c1-25-6-2-4-22-5-3-12(15(23)10-22)11-28-19(24)13-9-14(20)16(21)18-17(13)26-7-8-27-18;3-1(4)2(5)6/h9,12,15,23H,2-8,10-11,21H2,1H3;(H,3,4)(H,5,6)/t12-,15+;/m1./s1. The average molecular weight is 505 g/mol. The van der Waals surface area contributed by atoms with Crippen LogP contribution in [-0.4, -0.2) is 97.4 Å². The number of hydrogen-bond donors (Lipinski definition) is 4. The number of carbonyl (C=O) groups excluding carboxylic acids is 1. The summed E-state index contributed by atoms with van der Waals surface area (Å²) in [6.45, 7) is 3.77. The summed E-state index contributed by atoms with van der Waals surface area (Å²) in [5.74, 6) is -3.80. The molecule has 1 fully saturated rings. The lowest BCUT2D eigenvalue weighted by Crippen LogP contribution is -2.45. The van der Waals surface area contributed by atoms with Crippen LogP contribution in [0.25, 0.3) is 0 Å². The van der Waals surface area contributed by atoms with Crippen LogP contribution in [0.2, 0.25) is 5.02 Å². The third kappa shape index (κ3) is 7.62. The van der Waals surface area contributed by atoms with Crippen molar-refractivity contribution < 1.29 is 48.7 Å². The van der Waals surface area contributed by atoms with Gasteiger partial charge in [0.15, 0.2) is 11.5 Å². The van der Waals surface area contributed by atoms with Crippen molar-refractivity contribution >= 4 is 35.2 Å². The van der Waals surface area contributed by atoms with E-state index in [9.17, 15) is 9.90 Å².